The van der Waals surface area contributed by atoms with Crippen molar-refractivity contribution in [2.24, 2.45) is 5.41 Å². The first kappa shape index (κ1) is 14.4. The van der Waals surface area contributed by atoms with Crippen LogP contribution < -0.4 is 0 Å². The van der Waals surface area contributed by atoms with E-state index in [1.807, 2.05) is 13.8 Å². The van der Waals surface area contributed by atoms with Crippen molar-refractivity contribution in [2.45, 2.75) is 40.0 Å². The van der Waals surface area contributed by atoms with Crippen molar-refractivity contribution in [1.82, 2.24) is 4.90 Å². The molecule has 0 saturated carbocycles. The van der Waals surface area contributed by atoms with Crippen molar-refractivity contribution in [3.05, 3.63) is 11.6 Å². The van der Waals surface area contributed by atoms with Gasteiger partial charge in [0, 0.05) is 25.0 Å². The minimum Gasteiger partial charge on any atom is -0.478 e. The van der Waals surface area contributed by atoms with Crippen molar-refractivity contribution in [2.75, 3.05) is 6.54 Å². The normalized spacial score (nSPS) is 20.2. The van der Waals surface area contributed by atoms with Gasteiger partial charge in [-0.3, -0.25) is 14.5 Å². The molecule has 1 aliphatic rings. The summed E-state index contributed by atoms with van der Waals surface area (Å²) in [5.41, 5.74) is -0.0742. The molecule has 5 nitrogen and oxygen atoms in total. The fourth-order valence-corrected chi connectivity index (χ4v) is 2.00. The van der Waals surface area contributed by atoms with Gasteiger partial charge >= 0.3 is 5.97 Å². The van der Waals surface area contributed by atoms with Gasteiger partial charge in [-0.15, -0.1) is 0 Å². The Bertz CT molecular complexity index is 389. The number of carboxylic acids is 1. The lowest BCUT2D eigenvalue weighted by Crippen LogP contribution is -2.46. The second-order valence-electron chi connectivity index (χ2n) is 5.30. The summed E-state index contributed by atoms with van der Waals surface area (Å²) in [5.74, 6) is -1.46. The molecule has 0 aromatic heterocycles. The summed E-state index contributed by atoms with van der Waals surface area (Å²) < 4.78 is 0. The van der Waals surface area contributed by atoms with Gasteiger partial charge in [0.05, 0.1) is 0 Å². The van der Waals surface area contributed by atoms with Gasteiger partial charge in [0.25, 0.3) is 0 Å². The van der Waals surface area contributed by atoms with Crippen LogP contribution in [-0.2, 0) is 14.4 Å². The van der Waals surface area contributed by atoms with Crippen LogP contribution in [0.25, 0.3) is 0 Å². The highest BCUT2D eigenvalue weighted by Crippen LogP contribution is 2.31. The molecule has 1 heterocycles. The highest BCUT2D eigenvalue weighted by Gasteiger charge is 2.36. The Labute approximate surface area is 106 Å². The van der Waals surface area contributed by atoms with Crippen LogP contribution in [0.4, 0.5) is 0 Å². The molecule has 0 atom stereocenters. The molecule has 5 heteroatoms. The van der Waals surface area contributed by atoms with Gasteiger partial charge in [0.2, 0.25) is 11.8 Å². The van der Waals surface area contributed by atoms with Crippen LogP contribution in [0.3, 0.4) is 0 Å². The first-order valence-electron chi connectivity index (χ1n) is 6.02. The number of hydrogen-bond donors (Lipinski definition) is 1. The van der Waals surface area contributed by atoms with Gasteiger partial charge in [0.1, 0.15) is 0 Å². The number of aliphatic carboxylic acids is 1. The number of carbonyl (C=O) groups excluding carboxylic acids is 2. The average molecular weight is 253 g/mol. The van der Waals surface area contributed by atoms with Crippen LogP contribution in [-0.4, -0.2) is 34.3 Å². The summed E-state index contributed by atoms with van der Waals surface area (Å²) in [6, 6.07) is 0. The third-order valence-corrected chi connectivity index (χ3v) is 3.04. The third-order valence-electron chi connectivity index (χ3n) is 3.04. The molecule has 0 aromatic rings. The van der Waals surface area contributed by atoms with Crippen molar-refractivity contribution in [3.8, 4) is 0 Å². The maximum Gasteiger partial charge on any atom is 0.331 e. The molecular formula is C13H19NO4. The first-order valence-corrected chi connectivity index (χ1v) is 6.02. The topological polar surface area (TPSA) is 74.7 Å². The molecular weight excluding hydrogens is 234 g/mol. The minimum absolute atomic E-state index is 0.0588. The fraction of sp³-hybridized carbons (Fsp3) is 0.615. The largest absolute Gasteiger partial charge is 0.478 e. The zero-order valence-electron chi connectivity index (χ0n) is 11.0. The van der Waals surface area contributed by atoms with Gasteiger partial charge in [-0.25, -0.2) is 4.79 Å². The monoisotopic (exact) mass is 253 g/mol. The van der Waals surface area contributed by atoms with E-state index in [1.54, 1.807) is 6.92 Å². The quantitative estimate of drug-likeness (QED) is 0.609. The highest BCUT2D eigenvalue weighted by atomic mass is 16.4. The summed E-state index contributed by atoms with van der Waals surface area (Å²) in [5, 5.41) is 8.86. The number of likely N-dealkylation sites (tertiary alicyclic amines) is 1. The molecule has 0 aliphatic carbocycles. The summed E-state index contributed by atoms with van der Waals surface area (Å²) >= 11 is 0. The maximum absolute atomic E-state index is 11.8. The summed E-state index contributed by atoms with van der Waals surface area (Å²) in [6.07, 6.45) is 2.45. The molecule has 0 spiro atoms. The SMILES string of the molecule is CCC(=CCN1C(=O)CC(C)(C)CC1=O)C(=O)O. The summed E-state index contributed by atoms with van der Waals surface area (Å²) in [6.45, 7) is 5.54. The fourth-order valence-electron chi connectivity index (χ4n) is 2.00. The number of nitrogens with zero attached hydrogens (tertiary/aromatic N) is 1. The zero-order valence-corrected chi connectivity index (χ0v) is 11.0. The Hall–Kier alpha value is -1.65. The number of imide groups is 1. The Morgan fingerprint density at radius 3 is 2.22 bits per heavy atom. The Kier molecular flexibility index (Phi) is 4.27. The predicted octanol–water partition coefficient (Wildman–Crippen LogP) is 1.58. The number of carboxylic acid groups (broad SMARTS) is 1. The number of carbonyl (C=O) groups is 3. The van der Waals surface area contributed by atoms with Gasteiger partial charge in [-0.1, -0.05) is 26.8 Å². The molecule has 1 saturated heterocycles. The number of rotatable bonds is 4. The van der Waals surface area contributed by atoms with E-state index in [0.29, 0.717) is 19.3 Å². The van der Waals surface area contributed by atoms with Gasteiger partial charge in [-0.05, 0) is 11.8 Å². The number of amides is 2. The van der Waals surface area contributed by atoms with Crippen molar-refractivity contribution in [3.63, 3.8) is 0 Å². The minimum atomic E-state index is -1.00. The lowest BCUT2D eigenvalue weighted by Gasteiger charge is -2.34. The molecule has 2 amide bonds. The summed E-state index contributed by atoms with van der Waals surface area (Å²) in [7, 11) is 0. The number of hydrogen-bond acceptors (Lipinski definition) is 3. The molecule has 1 aliphatic heterocycles. The van der Waals surface area contributed by atoms with E-state index in [1.165, 1.54) is 6.08 Å². The molecule has 0 unspecified atom stereocenters. The predicted molar refractivity (Wildman–Crippen MR) is 65.7 cm³/mol. The molecule has 100 valence electrons. The van der Waals surface area contributed by atoms with E-state index >= 15 is 0 Å². The first-order chi connectivity index (χ1) is 8.26. The standard InChI is InChI=1S/C13H19NO4/c1-4-9(12(17)18)5-6-14-10(15)7-13(2,3)8-11(14)16/h5H,4,6-8H2,1-3H3,(H,17,18). The second-order valence-corrected chi connectivity index (χ2v) is 5.30. The molecule has 0 radical (unpaired) electrons. The van der Waals surface area contributed by atoms with E-state index in [4.69, 9.17) is 5.11 Å². The molecule has 1 rings (SSSR count). The van der Waals surface area contributed by atoms with Crippen LogP contribution in [0, 0.1) is 5.41 Å². The lowest BCUT2D eigenvalue weighted by molar-refractivity contribution is -0.151. The molecule has 1 fully saturated rings. The Morgan fingerprint density at radius 2 is 1.83 bits per heavy atom. The van der Waals surface area contributed by atoms with Crippen molar-refractivity contribution >= 4 is 17.8 Å². The second kappa shape index (κ2) is 5.33. The molecule has 0 aromatic carbocycles. The van der Waals surface area contributed by atoms with E-state index in [9.17, 15) is 14.4 Å². The van der Waals surface area contributed by atoms with Crippen molar-refractivity contribution in [1.29, 1.82) is 0 Å². The third kappa shape index (κ3) is 3.42. The van der Waals surface area contributed by atoms with Crippen LogP contribution >= 0.6 is 0 Å². The van der Waals surface area contributed by atoms with Crippen LogP contribution in [0.2, 0.25) is 0 Å². The highest BCUT2D eigenvalue weighted by molar-refractivity contribution is 5.98. The van der Waals surface area contributed by atoms with E-state index in [-0.39, 0.29) is 29.3 Å². The number of piperidine rings is 1. The molecule has 18 heavy (non-hydrogen) atoms. The smallest absolute Gasteiger partial charge is 0.331 e. The molecule has 0 bridgehead atoms. The summed E-state index contributed by atoms with van der Waals surface area (Å²) in [4.78, 5) is 35.6. The van der Waals surface area contributed by atoms with Crippen LogP contribution in [0.5, 0.6) is 0 Å². The van der Waals surface area contributed by atoms with E-state index in [0.717, 1.165) is 4.90 Å². The van der Waals surface area contributed by atoms with Crippen molar-refractivity contribution < 1.29 is 19.5 Å². The van der Waals surface area contributed by atoms with E-state index < -0.39 is 5.97 Å². The van der Waals surface area contributed by atoms with E-state index in [2.05, 4.69) is 0 Å². The van der Waals surface area contributed by atoms with Gasteiger partial charge in [0.15, 0.2) is 0 Å². The lowest BCUT2D eigenvalue weighted by atomic mass is 9.82. The Balaban J connectivity index is 2.77. The van der Waals surface area contributed by atoms with Crippen LogP contribution in [0.15, 0.2) is 11.6 Å². The van der Waals surface area contributed by atoms with Gasteiger partial charge < -0.3 is 5.11 Å². The van der Waals surface area contributed by atoms with Crippen LogP contribution in [0.1, 0.15) is 40.0 Å². The van der Waals surface area contributed by atoms with Gasteiger partial charge in [-0.2, -0.15) is 0 Å². The Morgan fingerprint density at radius 1 is 1.33 bits per heavy atom. The zero-order chi connectivity index (χ0) is 13.9. The average Bonchev–Trinajstić information content (AvgIpc) is 2.20. The maximum atomic E-state index is 11.8. The molecule has 1 N–H and O–H groups in total.